The van der Waals surface area contributed by atoms with Crippen molar-refractivity contribution >= 4 is 0 Å². The Hall–Kier alpha value is -1.87. The fourth-order valence-corrected chi connectivity index (χ4v) is 3.27. The molecule has 1 fully saturated rings. The van der Waals surface area contributed by atoms with Gasteiger partial charge in [-0.25, -0.2) is 0 Å². The molecule has 1 aromatic carbocycles. The lowest BCUT2D eigenvalue weighted by Crippen LogP contribution is -2.34. The van der Waals surface area contributed by atoms with E-state index in [1.807, 2.05) is 19.1 Å². The number of hydrogen-bond donors (Lipinski definition) is 2. The topological polar surface area (TPSA) is 45.1 Å². The third-order valence-corrected chi connectivity index (χ3v) is 4.82. The summed E-state index contributed by atoms with van der Waals surface area (Å²) >= 11 is 0. The maximum atomic E-state index is 10.1. The van der Waals surface area contributed by atoms with Gasteiger partial charge in [0.2, 0.25) is 0 Å². The molecule has 0 aliphatic carbocycles. The van der Waals surface area contributed by atoms with Gasteiger partial charge in [-0.15, -0.1) is 0 Å². The molecule has 0 radical (unpaired) electrons. The molecule has 23 heavy (non-hydrogen) atoms. The minimum atomic E-state index is 0.328. The Morgan fingerprint density at radius 2 is 2.04 bits per heavy atom. The molecular formula is C20H26N2O. The van der Waals surface area contributed by atoms with Gasteiger partial charge in [0.05, 0.1) is 5.69 Å². The van der Waals surface area contributed by atoms with Gasteiger partial charge in [-0.1, -0.05) is 12.5 Å². The monoisotopic (exact) mass is 310 g/mol. The zero-order valence-corrected chi connectivity index (χ0v) is 14.1. The second-order valence-electron chi connectivity index (χ2n) is 6.67. The molecule has 2 N–H and O–H groups in total. The van der Waals surface area contributed by atoms with Crippen LogP contribution in [0.3, 0.4) is 0 Å². The third kappa shape index (κ3) is 4.11. The zero-order valence-electron chi connectivity index (χ0n) is 14.1. The lowest BCUT2D eigenvalue weighted by atomic mass is 9.96. The van der Waals surface area contributed by atoms with Crippen molar-refractivity contribution in [1.29, 1.82) is 0 Å². The zero-order chi connectivity index (χ0) is 16.2. The largest absolute Gasteiger partial charge is 0.508 e. The van der Waals surface area contributed by atoms with Crippen LogP contribution in [-0.4, -0.2) is 22.7 Å². The van der Waals surface area contributed by atoms with Crippen LogP contribution >= 0.6 is 0 Å². The summed E-state index contributed by atoms with van der Waals surface area (Å²) in [7, 11) is 0. The molecule has 1 atom stereocenters. The predicted molar refractivity (Wildman–Crippen MR) is 94.8 cm³/mol. The molecule has 0 amide bonds. The van der Waals surface area contributed by atoms with Gasteiger partial charge >= 0.3 is 0 Å². The fourth-order valence-electron chi connectivity index (χ4n) is 3.27. The molecule has 0 bridgehead atoms. The second kappa shape index (κ2) is 7.14. The molecule has 2 heterocycles. The number of benzene rings is 1. The minimum absolute atomic E-state index is 0.328. The highest BCUT2D eigenvalue weighted by atomic mass is 16.3. The molecule has 3 rings (SSSR count). The van der Waals surface area contributed by atoms with Crippen molar-refractivity contribution in [2.75, 3.05) is 6.54 Å². The molecule has 1 aliphatic rings. The molecule has 1 saturated heterocycles. The van der Waals surface area contributed by atoms with Gasteiger partial charge in [-0.2, -0.15) is 0 Å². The first-order valence-electron chi connectivity index (χ1n) is 8.63. The Kier molecular flexibility index (Phi) is 4.97. The van der Waals surface area contributed by atoms with Crippen molar-refractivity contribution < 1.29 is 5.11 Å². The lowest BCUT2D eigenvalue weighted by Gasteiger charge is -2.23. The third-order valence-electron chi connectivity index (χ3n) is 4.82. The van der Waals surface area contributed by atoms with Crippen molar-refractivity contribution in [2.24, 2.45) is 0 Å². The highest BCUT2D eigenvalue weighted by Gasteiger charge is 2.13. The Bertz CT molecular complexity index is 675. The number of aromatic hydroxyl groups is 1. The summed E-state index contributed by atoms with van der Waals surface area (Å²) < 4.78 is 0. The maximum Gasteiger partial charge on any atom is 0.116 e. The number of aryl methyl sites for hydroxylation is 3. The summed E-state index contributed by atoms with van der Waals surface area (Å²) in [6, 6.07) is 10.6. The van der Waals surface area contributed by atoms with Crippen LogP contribution in [0.1, 0.15) is 42.5 Å². The van der Waals surface area contributed by atoms with Crippen molar-refractivity contribution in [3.05, 3.63) is 47.2 Å². The molecule has 122 valence electrons. The number of piperidine rings is 1. The Balaban J connectivity index is 1.76. The van der Waals surface area contributed by atoms with Crippen LogP contribution in [0.5, 0.6) is 5.75 Å². The summed E-state index contributed by atoms with van der Waals surface area (Å²) in [4.78, 5) is 4.65. The Labute approximate surface area is 138 Å². The van der Waals surface area contributed by atoms with E-state index in [1.54, 1.807) is 6.07 Å². The summed E-state index contributed by atoms with van der Waals surface area (Å²) in [5.74, 6) is 0.328. The molecule has 0 spiro atoms. The average molecular weight is 310 g/mol. The van der Waals surface area contributed by atoms with Gasteiger partial charge < -0.3 is 10.4 Å². The number of hydrogen-bond acceptors (Lipinski definition) is 3. The number of phenols is 1. The number of aromatic nitrogens is 1. The van der Waals surface area contributed by atoms with Crippen molar-refractivity contribution in [1.82, 2.24) is 10.3 Å². The first-order valence-corrected chi connectivity index (χ1v) is 8.63. The summed E-state index contributed by atoms with van der Waals surface area (Å²) in [5, 5.41) is 13.7. The Morgan fingerprint density at radius 1 is 1.17 bits per heavy atom. The van der Waals surface area contributed by atoms with E-state index >= 15 is 0 Å². The number of phenolic OH excluding ortho intramolecular Hbond substituents is 1. The maximum absolute atomic E-state index is 10.1. The van der Waals surface area contributed by atoms with Crippen LogP contribution in [0.2, 0.25) is 0 Å². The van der Waals surface area contributed by atoms with E-state index in [4.69, 9.17) is 0 Å². The SMILES string of the molecule is Cc1ccc(-c2cc(O)cc(CCC3CCCCN3)c2)nc1C. The molecule has 2 aromatic rings. The van der Waals surface area contributed by atoms with Crippen molar-refractivity contribution in [3.63, 3.8) is 0 Å². The van der Waals surface area contributed by atoms with E-state index in [9.17, 15) is 5.11 Å². The van der Waals surface area contributed by atoms with Crippen molar-refractivity contribution in [3.8, 4) is 17.0 Å². The number of nitrogens with zero attached hydrogens (tertiary/aromatic N) is 1. The molecule has 1 aliphatic heterocycles. The Morgan fingerprint density at radius 3 is 2.78 bits per heavy atom. The van der Waals surface area contributed by atoms with Crippen LogP contribution < -0.4 is 5.32 Å². The molecule has 1 unspecified atom stereocenters. The highest BCUT2D eigenvalue weighted by molar-refractivity contribution is 5.63. The fraction of sp³-hybridized carbons (Fsp3) is 0.450. The van der Waals surface area contributed by atoms with Gasteiger partial charge in [0.15, 0.2) is 0 Å². The van der Waals surface area contributed by atoms with Gasteiger partial charge in [-0.05, 0) is 81.5 Å². The van der Waals surface area contributed by atoms with Crippen LogP contribution in [0.4, 0.5) is 0 Å². The number of nitrogens with one attached hydrogen (secondary N) is 1. The quantitative estimate of drug-likeness (QED) is 0.892. The average Bonchev–Trinajstić information content (AvgIpc) is 2.56. The van der Waals surface area contributed by atoms with Crippen LogP contribution in [-0.2, 0) is 6.42 Å². The van der Waals surface area contributed by atoms with E-state index < -0.39 is 0 Å². The standard InChI is InChI=1S/C20H26N2O/c1-14-6-9-20(22-15(14)2)17-11-16(12-19(23)13-17)7-8-18-5-3-4-10-21-18/h6,9,11-13,18,21,23H,3-5,7-8,10H2,1-2H3. The van der Waals surface area contributed by atoms with Gasteiger partial charge in [0, 0.05) is 17.3 Å². The molecule has 0 saturated carbocycles. The normalized spacial score (nSPS) is 18.1. The van der Waals surface area contributed by atoms with E-state index in [-0.39, 0.29) is 0 Å². The predicted octanol–water partition coefficient (Wildman–Crippen LogP) is 4.15. The first-order chi connectivity index (χ1) is 11.1. The molecule has 3 nitrogen and oxygen atoms in total. The van der Waals surface area contributed by atoms with E-state index in [0.717, 1.165) is 36.3 Å². The van der Waals surface area contributed by atoms with E-state index in [1.165, 1.54) is 30.4 Å². The van der Waals surface area contributed by atoms with Crippen molar-refractivity contribution in [2.45, 2.75) is 52.0 Å². The van der Waals surface area contributed by atoms with Crippen LogP contribution in [0.25, 0.3) is 11.3 Å². The van der Waals surface area contributed by atoms with Crippen LogP contribution in [0, 0.1) is 13.8 Å². The molecule has 1 aromatic heterocycles. The summed E-state index contributed by atoms with van der Waals surface area (Å²) in [6.45, 7) is 5.23. The van der Waals surface area contributed by atoms with Gasteiger partial charge in [0.25, 0.3) is 0 Å². The molecule has 3 heteroatoms. The summed E-state index contributed by atoms with van der Waals surface area (Å²) in [6.07, 6.45) is 6.01. The highest BCUT2D eigenvalue weighted by Crippen LogP contribution is 2.26. The second-order valence-corrected chi connectivity index (χ2v) is 6.67. The first kappa shape index (κ1) is 16.0. The van der Waals surface area contributed by atoms with E-state index in [2.05, 4.69) is 29.4 Å². The molecular weight excluding hydrogens is 284 g/mol. The van der Waals surface area contributed by atoms with Gasteiger partial charge in [0.1, 0.15) is 5.75 Å². The minimum Gasteiger partial charge on any atom is -0.508 e. The summed E-state index contributed by atoms with van der Waals surface area (Å²) in [5.41, 5.74) is 5.35. The number of pyridine rings is 1. The lowest BCUT2D eigenvalue weighted by molar-refractivity contribution is 0.382. The van der Waals surface area contributed by atoms with Crippen LogP contribution in [0.15, 0.2) is 30.3 Å². The smallest absolute Gasteiger partial charge is 0.116 e. The number of rotatable bonds is 4. The van der Waals surface area contributed by atoms with E-state index in [0.29, 0.717) is 11.8 Å². The van der Waals surface area contributed by atoms with Gasteiger partial charge in [-0.3, -0.25) is 4.98 Å².